The lowest BCUT2D eigenvalue weighted by atomic mass is 10.1. The summed E-state index contributed by atoms with van der Waals surface area (Å²) >= 11 is 0. The Morgan fingerprint density at radius 3 is 2.48 bits per heavy atom. The smallest absolute Gasteiger partial charge is 0.407 e. The van der Waals surface area contributed by atoms with Crippen LogP contribution in [0.15, 0.2) is 0 Å². The van der Waals surface area contributed by atoms with Gasteiger partial charge >= 0.3 is 6.09 Å². The molecule has 0 aliphatic carbocycles. The number of carbonyl (C=O) groups is 1. The molecule has 1 amide bonds. The van der Waals surface area contributed by atoms with E-state index in [0.29, 0.717) is 6.61 Å². The van der Waals surface area contributed by atoms with Crippen LogP contribution in [0.2, 0.25) is 0 Å². The molecule has 4 heteroatoms. The van der Waals surface area contributed by atoms with Crippen LogP contribution in [-0.4, -0.2) is 43.8 Å². The van der Waals surface area contributed by atoms with E-state index in [1.54, 1.807) is 0 Å². The number of hydrogen-bond donors (Lipinski definition) is 1. The lowest BCUT2D eigenvalue weighted by Gasteiger charge is -2.26. The van der Waals surface area contributed by atoms with Crippen LogP contribution in [0, 0.1) is 0 Å². The Labute approximate surface area is 130 Å². The van der Waals surface area contributed by atoms with Crippen molar-refractivity contribution in [2.45, 2.75) is 71.1 Å². The van der Waals surface area contributed by atoms with Crippen LogP contribution in [0.3, 0.4) is 0 Å². The minimum atomic E-state index is -0.248. The second kappa shape index (κ2) is 12.9. The van der Waals surface area contributed by atoms with Crippen molar-refractivity contribution in [3.05, 3.63) is 0 Å². The lowest BCUT2D eigenvalue weighted by molar-refractivity contribution is 0.135. The van der Waals surface area contributed by atoms with Crippen molar-refractivity contribution in [1.29, 1.82) is 0 Å². The summed E-state index contributed by atoms with van der Waals surface area (Å²) in [6.45, 7) is 7.00. The van der Waals surface area contributed by atoms with Crippen LogP contribution in [0.1, 0.15) is 71.1 Å². The first kappa shape index (κ1) is 18.3. The molecule has 0 bridgehead atoms. The second-order valence-corrected chi connectivity index (χ2v) is 6.09. The molecular weight excluding hydrogens is 264 g/mol. The minimum absolute atomic E-state index is 0.248. The average molecular weight is 298 g/mol. The zero-order valence-corrected chi connectivity index (χ0v) is 13.9. The first-order valence-corrected chi connectivity index (χ1v) is 8.96. The highest BCUT2D eigenvalue weighted by Crippen LogP contribution is 2.08. The number of ether oxygens (including phenoxy) is 1. The molecular formula is C17H34N2O2. The van der Waals surface area contributed by atoms with Gasteiger partial charge in [-0.2, -0.15) is 0 Å². The van der Waals surface area contributed by atoms with Crippen molar-refractivity contribution < 1.29 is 9.53 Å². The van der Waals surface area contributed by atoms with E-state index < -0.39 is 0 Å². The second-order valence-electron chi connectivity index (χ2n) is 6.09. The molecule has 0 radical (unpaired) electrons. The third-order valence-corrected chi connectivity index (χ3v) is 4.10. The highest BCUT2D eigenvalue weighted by Gasteiger charge is 2.09. The maximum absolute atomic E-state index is 11.5. The highest BCUT2D eigenvalue weighted by atomic mass is 16.5. The lowest BCUT2D eigenvalue weighted by Crippen LogP contribution is -2.32. The number of piperidine rings is 1. The van der Waals surface area contributed by atoms with Gasteiger partial charge in [0, 0.05) is 13.1 Å². The van der Waals surface area contributed by atoms with Gasteiger partial charge in [0.25, 0.3) is 0 Å². The van der Waals surface area contributed by atoms with Crippen LogP contribution >= 0.6 is 0 Å². The SMILES string of the molecule is CCCCCCCCNC(=O)OCCCN1CCCCC1. The van der Waals surface area contributed by atoms with Gasteiger partial charge < -0.3 is 15.0 Å². The van der Waals surface area contributed by atoms with Gasteiger partial charge in [0.2, 0.25) is 0 Å². The van der Waals surface area contributed by atoms with Crippen LogP contribution < -0.4 is 5.32 Å². The molecule has 0 saturated carbocycles. The van der Waals surface area contributed by atoms with Crippen molar-refractivity contribution in [2.24, 2.45) is 0 Å². The third kappa shape index (κ3) is 10.6. The summed E-state index contributed by atoms with van der Waals surface area (Å²) < 4.78 is 5.20. The zero-order chi connectivity index (χ0) is 15.2. The van der Waals surface area contributed by atoms with Crippen molar-refractivity contribution in [1.82, 2.24) is 10.2 Å². The standard InChI is InChI=1S/C17H34N2O2/c1-2-3-4-5-6-8-12-18-17(20)21-16-11-15-19-13-9-7-10-14-19/h2-16H2,1H3,(H,18,20). The van der Waals surface area contributed by atoms with Gasteiger partial charge in [0.05, 0.1) is 6.61 Å². The third-order valence-electron chi connectivity index (χ3n) is 4.10. The fourth-order valence-electron chi connectivity index (χ4n) is 2.78. The molecule has 0 aromatic carbocycles. The van der Waals surface area contributed by atoms with Crippen LogP contribution in [0.4, 0.5) is 4.79 Å². The van der Waals surface area contributed by atoms with Gasteiger partial charge in [-0.25, -0.2) is 4.79 Å². The summed E-state index contributed by atoms with van der Waals surface area (Å²) in [5.41, 5.74) is 0. The van der Waals surface area contributed by atoms with Gasteiger partial charge in [-0.05, 0) is 38.8 Å². The molecule has 0 atom stereocenters. The largest absolute Gasteiger partial charge is 0.450 e. The van der Waals surface area contributed by atoms with Gasteiger partial charge in [-0.3, -0.25) is 0 Å². The Balaban J connectivity index is 1.82. The average Bonchev–Trinajstić information content (AvgIpc) is 2.52. The van der Waals surface area contributed by atoms with Gasteiger partial charge in [0.15, 0.2) is 0 Å². The molecule has 1 fully saturated rings. The van der Waals surface area contributed by atoms with Gasteiger partial charge in [-0.15, -0.1) is 0 Å². The van der Waals surface area contributed by atoms with Gasteiger partial charge in [-0.1, -0.05) is 45.4 Å². The van der Waals surface area contributed by atoms with E-state index in [2.05, 4.69) is 17.1 Å². The van der Waals surface area contributed by atoms with Crippen LogP contribution in [0.25, 0.3) is 0 Å². The molecule has 0 spiro atoms. The quantitative estimate of drug-likeness (QED) is 0.587. The van der Waals surface area contributed by atoms with Crippen molar-refractivity contribution >= 4 is 6.09 Å². The highest BCUT2D eigenvalue weighted by molar-refractivity contribution is 5.66. The Bertz CT molecular complexity index is 253. The van der Waals surface area contributed by atoms with E-state index in [1.165, 1.54) is 64.5 Å². The summed E-state index contributed by atoms with van der Waals surface area (Å²) in [6, 6.07) is 0. The molecule has 4 nitrogen and oxygen atoms in total. The van der Waals surface area contributed by atoms with Crippen LogP contribution in [0.5, 0.6) is 0 Å². The molecule has 1 aliphatic rings. The topological polar surface area (TPSA) is 41.6 Å². The van der Waals surface area contributed by atoms with Crippen molar-refractivity contribution in [3.8, 4) is 0 Å². The monoisotopic (exact) mass is 298 g/mol. The Hall–Kier alpha value is -0.770. The van der Waals surface area contributed by atoms with Crippen LogP contribution in [-0.2, 0) is 4.74 Å². The molecule has 0 aromatic rings. The summed E-state index contributed by atoms with van der Waals surface area (Å²) in [7, 11) is 0. The molecule has 1 rings (SSSR count). The van der Waals surface area contributed by atoms with Gasteiger partial charge in [0.1, 0.15) is 0 Å². The Morgan fingerprint density at radius 2 is 1.71 bits per heavy atom. The molecule has 21 heavy (non-hydrogen) atoms. The van der Waals surface area contributed by atoms with E-state index in [4.69, 9.17) is 4.74 Å². The van der Waals surface area contributed by atoms with E-state index in [1.807, 2.05) is 0 Å². The van der Waals surface area contributed by atoms with E-state index in [0.717, 1.165) is 25.9 Å². The normalized spacial score (nSPS) is 15.9. The predicted octanol–water partition coefficient (Wildman–Crippen LogP) is 3.95. The number of amides is 1. The summed E-state index contributed by atoms with van der Waals surface area (Å²) in [5.74, 6) is 0. The molecule has 0 unspecified atom stereocenters. The summed E-state index contributed by atoms with van der Waals surface area (Å²) in [5, 5.41) is 2.84. The Kier molecular flexibility index (Phi) is 11.3. The maximum atomic E-state index is 11.5. The number of hydrogen-bond acceptors (Lipinski definition) is 3. The van der Waals surface area contributed by atoms with E-state index in [9.17, 15) is 4.79 Å². The van der Waals surface area contributed by atoms with E-state index >= 15 is 0 Å². The first-order chi connectivity index (χ1) is 10.3. The molecule has 1 heterocycles. The predicted molar refractivity (Wildman–Crippen MR) is 87.6 cm³/mol. The van der Waals surface area contributed by atoms with E-state index in [-0.39, 0.29) is 6.09 Å². The minimum Gasteiger partial charge on any atom is -0.450 e. The fourth-order valence-corrected chi connectivity index (χ4v) is 2.78. The molecule has 0 aromatic heterocycles. The zero-order valence-electron chi connectivity index (χ0n) is 13.9. The molecule has 124 valence electrons. The number of nitrogens with one attached hydrogen (secondary N) is 1. The molecule has 1 N–H and O–H groups in total. The number of nitrogens with zero attached hydrogens (tertiary/aromatic N) is 1. The fraction of sp³-hybridized carbons (Fsp3) is 0.941. The number of alkyl carbamates (subject to hydrolysis) is 1. The molecule has 1 saturated heterocycles. The maximum Gasteiger partial charge on any atom is 0.407 e. The number of unbranched alkanes of at least 4 members (excludes halogenated alkanes) is 5. The Morgan fingerprint density at radius 1 is 1.00 bits per heavy atom. The summed E-state index contributed by atoms with van der Waals surface area (Å²) in [6.07, 6.45) is 12.2. The summed E-state index contributed by atoms with van der Waals surface area (Å²) in [4.78, 5) is 14.0. The number of rotatable bonds is 11. The molecule has 1 aliphatic heterocycles. The van der Waals surface area contributed by atoms with Crippen molar-refractivity contribution in [3.63, 3.8) is 0 Å². The first-order valence-electron chi connectivity index (χ1n) is 8.96. The van der Waals surface area contributed by atoms with Crippen molar-refractivity contribution in [2.75, 3.05) is 32.8 Å². The number of carbonyl (C=O) groups excluding carboxylic acids is 1. The number of likely N-dealkylation sites (tertiary alicyclic amines) is 1.